The minimum absolute atomic E-state index is 0.270. The molecule has 0 aliphatic carbocycles. The molecule has 0 aliphatic rings. The van der Waals surface area contributed by atoms with Gasteiger partial charge >= 0.3 is 0 Å². The fraction of sp³-hybridized carbons (Fsp3) is 0.667. The lowest BCUT2D eigenvalue weighted by Crippen LogP contribution is -2.09. The Bertz CT molecular complexity index is 255. The molecular formula is C12H21NS. The summed E-state index contributed by atoms with van der Waals surface area (Å²) in [7, 11) is 0. The Kier molecular flexibility index (Phi) is 5.20. The minimum Gasteiger partial charge on any atom is -0.323 e. The normalized spacial score (nSPS) is 13.1. The maximum absolute atomic E-state index is 6.13. The van der Waals surface area contributed by atoms with Crippen molar-refractivity contribution in [2.45, 2.75) is 52.0 Å². The molecule has 2 N–H and O–H groups in total. The van der Waals surface area contributed by atoms with Gasteiger partial charge in [0.15, 0.2) is 0 Å². The molecule has 1 aromatic heterocycles. The van der Waals surface area contributed by atoms with E-state index in [9.17, 15) is 0 Å². The molecule has 0 spiro atoms. The smallest absolute Gasteiger partial charge is 0.0392 e. The molecule has 14 heavy (non-hydrogen) atoms. The summed E-state index contributed by atoms with van der Waals surface area (Å²) in [5, 5.41) is 2.14. The lowest BCUT2D eigenvalue weighted by molar-refractivity contribution is 0.570. The van der Waals surface area contributed by atoms with Gasteiger partial charge in [-0.15, -0.1) is 11.3 Å². The Labute approximate surface area is 91.3 Å². The molecule has 80 valence electrons. The van der Waals surface area contributed by atoms with Crippen molar-refractivity contribution in [2.24, 2.45) is 5.73 Å². The number of hydrogen-bond donors (Lipinski definition) is 1. The molecule has 0 bridgehead atoms. The van der Waals surface area contributed by atoms with Crippen LogP contribution in [0.5, 0.6) is 0 Å². The Morgan fingerprint density at radius 3 is 2.71 bits per heavy atom. The van der Waals surface area contributed by atoms with Crippen molar-refractivity contribution in [3.63, 3.8) is 0 Å². The fourth-order valence-corrected chi connectivity index (χ4v) is 2.65. The monoisotopic (exact) mass is 211 g/mol. The van der Waals surface area contributed by atoms with E-state index in [1.807, 2.05) is 0 Å². The summed E-state index contributed by atoms with van der Waals surface area (Å²) in [5.74, 6) is 0. The van der Waals surface area contributed by atoms with E-state index in [0.29, 0.717) is 0 Å². The van der Waals surface area contributed by atoms with Crippen LogP contribution in [0.25, 0.3) is 0 Å². The highest BCUT2D eigenvalue weighted by Crippen LogP contribution is 2.25. The van der Waals surface area contributed by atoms with Crippen molar-refractivity contribution < 1.29 is 0 Å². The van der Waals surface area contributed by atoms with Crippen molar-refractivity contribution in [2.75, 3.05) is 0 Å². The van der Waals surface area contributed by atoms with Gasteiger partial charge in [0.25, 0.3) is 0 Å². The van der Waals surface area contributed by atoms with Crippen LogP contribution in [0.2, 0.25) is 0 Å². The predicted molar refractivity (Wildman–Crippen MR) is 64.7 cm³/mol. The maximum Gasteiger partial charge on any atom is 0.0392 e. The van der Waals surface area contributed by atoms with E-state index in [1.165, 1.54) is 36.1 Å². The summed E-state index contributed by atoms with van der Waals surface area (Å²) in [6.07, 6.45) is 6.38. The molecule has 1 atom stereocenters. The highest BCUT2D eigenvalue weighted by Gasteiger charge is 2.09. The Balaban J connectivity index is 2.28. The van der Waals surface area contributed by atoms with Gasteiger partial charge in [0, 0.05) is 10.9 Å². The van der Waals surface area contributed by atoms with Crippen LogP contribution in [-0.4, -0.2) is 0 Å². The van der Waals surface area contributed by atoms with Crippen LogP contribution in [0.4, 0.5) is 0 Å². The van der Waals surface area contributed by atoms with Gasteiger partial charge in [-0.2, -0.15) is 0 Å². The van der Waals surface area contributed by atoms with Gasteiger partial charge in [-0.3, -0.25) is 0 Å². The first-order valence-corrected chi connectivity index (χ1v) is 6.43. The third kappa shape index (κ3) is 3.43. The molecule has 0 saturated heterocycles. The van der Waals surface area contributed by atoms with E-state index >= 15 is 0 Å². The van der Waals surface area contributed by atoms with Gasteiger partial charge in [-0.1, -0.05) is 32.6 Å². The lowest BCUT2D eigenvalue weighted by Gasteiger charge is -2.10. The topological polar surface area (TPSA) is 26.0 Å². The summed E-state index contributed by atoms with van der Waals surface area (Å²) in [5.41, 5.74) is 7.49. The van der Waals surface area contributed by atoms with Crippen LogP contribution in [0.15, 0.2) is 11.4 Å². The first-order chi connectivity index (χ1) is 6.75. The lowest BCUT2D eigenvalue weighted by atomic mass is 10.0. The summed E-state index contributed by atoms with van der Waals surface area (Å²) in [6, 6.07) is 2.43. The zero-order valence-electron chi connectivity index (χ0n) is 9.25. The van der Waals surface area contributed by atoms with Gasteiger partial charge in [-0.05, 0) is 30.4 Å². The summed E-state index contributed by atoms with van der Waals surface area (Å²) in [6.45, 7) is 4.39. The molecule has 0 saturated carbocycles. The number of nitrogens with two attached hydrogens (primary N) is 1. The molecule has 0 aliphatic heterocycles. The van der Waals surface area contributed by atoms with E-state index < -0.39 is 0 Å². The van der Waals surface area contributed by atoms with E-state index in [4.69, 9.17) is 5.73 Å². The quantitative estimate of drug-likeness (QED) is 0.706. The van der Waals surface area contributed by atoms with Crippen molar-refractivity contribution in [1.29, 1.82) is 0 Å². The maximum atomic E-state index is 6.13. The van der Waals surface area contributed by atoms with Gasteiger partial charge in [0.05, 0.1) is 0 Å². The van der Waals surface area contributed by atoms with Gasteiger partial charge < -0.3 is 5.73 Å². The van der Waals surface area contributed by atoms with E-state index in [2.05, 4.69) is 25.3 Å². The second-order valence-electron chi connectivity index (χ2n) is 3.92. The number of unbranched alkanes of at least 4 members (excludes halogenated alkanes) is 3. The Morgan fingerprint density at radius 2 is 2.14 bits per heavy atom. The van der Waals surface area contributed by atoms with Gasteiger partial charge in [0.1, 0.15) is 0 Å². The third-order valence-corrected chi connectivity index (χ3v) is 3.76. The van der Waals surface area contributed by atoms with E-state index in [1.54, 1.807) is 11.3 Å². The number of rotatable bonds is 6. The van der Waals surface area contributed by atoms with Crippen molar-refractivity contribution in [3.05, 3.63) is 21.9 Å². The van der Waals surface area contributed by atoms with Crippen LogP contribution in [0, 0.1) is 6.92 Å². The van der Waals surface area contributed by atoms with Crippen molar-refractivity contribution in [3.8, 4) is 0 Å². The standard InChI is InChI=1S/C12H21NS/c1-3-4-5-6-7-11(13)12-10(2)8-9-14-12/h8-9,11H,3-7,13H2,1-2H3. The molecule has 2 heteroatoms. The second-order valence-corrected chi connectivity index (χ2v) is 4.87. The average molecular weight is 211 g/mol. The Hall–Kier alpha value is -0.340. The van der Waals surface area contributed by atoms with E-state index in [-0.39, 0.29) is 6.04 Å². The van der Waals surface area contributed by atoms with Gasteiger partial charge in [-0.25, -0.2) is 0 Å². The zero-order chi connectivity index (χ0) is 10.4. The first kappa shape index (κ1) is 11.7. The number of hydrogen-bond acceptors (Lipinski definition) is 2. The van der Waals surface area contributed by atoms with E-state index in [0.717, 1.165) is 6.42 Å². The molecule has 0 radical (unpaired) electrons. The number of aryl methyl sites for hydroxylation is 1. The van der Waals surface area contributed by atoms with Crippen LogP contribution in [0.3, 0.4) is 0 Å². The zero-order valence-corrected chi connectivity index (χ0v) is 10.1. The molecule has 0 aromatic carbocycles. The van der Waals surface area contributed by atoms with Gasteiger partial charge in [0.2, 0.25) is 0 Å². The molecule has 0 fully saturated rings. The minimum atomic E-state index is 0.270. The molecule has 1 heterocycles. The molecular weight excluding hydrogens is 190 g/mol. The predicted octanol–water partition coefficient (Wildman–Crippen LogP) is 4.03. The highest BCUT2D eigenvalue weighted by molar-refractivity contribution is 7.10. The third-order valence-electron chi connectivity index (χ3n) is 2.61. The summed E-state index contributed by atoms with van der Waals surface area (Å²) < 4.78 is 0. The van der Waals surface area contributed by atoms with Crippen LogP contribution in [-0.2, 0) is 0 Å². The van der Waals surface area contributed by atoms with Crippen LogP contribution < -0.4 is 5.73 Å². The molecule has 1 nitrogen and oxygen atoms in total. The van der Waals surface area contributed by atoms with Crippen molar-refractivity contribution in [1.82, 2.24) is 0 Å². The summed E-state index contributed by atoms with van der Waals surface area (Å²) >= 11 is 1.80. The Morgan fingerprint density at radius 1 is 1.36 bits per heavy atom. The largest absolute Gasteiger partial charge is 0.323 e. The van der Waals surface area contributed by atoms with Crippen LogP contribution >= 0.6 is 11.3 Å². The SMILES string of the molecule is CCCCCCC(N)c1sccc1C. The average Bonchev–Trinajstić information content (AvgIpc) is 2.59. The molecule has 1 rings (SSSR count). The molecule has 1 aromatic rings. The highest BCUT2D eigenvalue weighted by atomic mass is 32.1. The second kappa shape index (κ2) is 6.20. The van der Waals surface area contributed by atoms with Crippen molar-refractivity contribution >= 4 is 11.3 Å². The summed E-state index contributed by atoms with van der Waals surface area (Å²) in [4.78, 5) is 1.38. The fourth-order valence-electron chi connectivity index (χ4n) is 1.69. The van der Waals surface area contributed by atoms with Crippen LogP contribution in [0.1, 0.15) is 55.5 Å². The molecule has 1 unspecified atom stereocenters. The molecule has 0 amide bonds. The first-order valence-electron chi connectivity index (χ1n) is 5.55. The number of thiophene rings is 1.